The minimum atomic E-state index is 0.0347. The van der Waals surface area contributed by atoms with Crippen molar-refractivity contribution >= 4 is 12.6 Å². The molecule has 0 saturated heterocycles. The van der Waals surface area contributed by atoms with Crippen LogP contribution in [0.25, 0.3) is 0 Å². The predicted molar refractivity (Wildman–Crippen MR) is 45.2 cm³/mol. The topological polar surface area (TPSA) is 54.4 Å². The number of phenols is 1. The highest BCUT2D eigenvalue weighted by Crippen LogP contribution is 2.11. The zero-order valence-corrected chi connectivity index (χ0v) is 6.73. The molecule has 0 amide bonds. The van der Waals surface area contributed by atoms with Crippen LogP contribution in [0, 0.1) is 0 Å². The first-order valence-corrected chi connectivity index (χ1v) is 3.39. The van der Waals surface area contributed by atoms with E-state index in [1.54, 1.807) is 18.2 Å². The van der Waals surface area contributed by atoms with Gasteiger partial charge in [0.25, 0.3) is 0 Å². The zero-order chi connectivity index (χ0) is 9.40. The minimum Gasteiger partial charge on any atom is -0.507 e. The summed E-state index contributed by atoms with van der Waals surface area (Å²) >= 11 is 0. The molecule has 1 rings (SSSR count). The third-order valence-electron chi connectivity index (χ3n) is 1.06. The molecule has 1 aromatic rings. The van der Waals surface area contributed by atoms with Crippen LogP contribution < -0.4 is 0 Å². The van der Waals surface area contributed by atoms with E-state index in [9.17, 15) is 4.79 Å². The van der Waals surface area contributed by atoms with E-state index in [-0.39, 0.29) is 5.75 Å². The molecule has 0 unspecified atom stereocenters. The number of carbonyl (C=O) groups excluding carboxylic acids is 2. The molecule has 1 N–H and O–H groups in total. The number of para-hydroxylation sites is 1. The normalized spacial score (nSPS) is 7.75. The van der Waals surface area contributed by atoms with Crippen LogP contribution in [0.1, 0.15) is 17.3 Å². The summed E-state index contributed by atoms with van der Waals surface area (Å²) in [6.07, 6.45) is 1.37. The SMILES string of the molecule is CC=O.O=Cc1ccccc1O. The molecule has 0 radical (unpaired) electrons. The Morgan fingerprint density at radius 1 is 1.25 bits per heavy atom. The van der Waals surface area contributed by atoms with E-state index < -0.39 is 0 Å². The largest absolute Gasteiger partial charge is 0.507 e. The molecule has 0 aliphatic rings. The molecular formula is C9H10O3. The third-order valence-corrected chi connectivity index (χ3v) is 1.06. The molecule has 1 aromatic carbocycles. The van der Waals surface area contributed by atoms with E-state index in [0.717, 1.165) is 6.29 Å². The highest BCUT2D eigenvalue weighted by atomic mass is 16.3. The van der Waals surface area contributed by atoms with Crippen molar-refractivity contribution in [3.63, 3.8) is 0 Å². The van der Waals surface area contributed by atoms with Gasteiger partial charge in [-0.2, -0.15) is 0 Å². The zero-order valence-electron chi connectivity index (χ0n) is 6.73. The maximum Gasteiger partial charge on any atom is 0.153 e. The monoisotopic (exact) mass is 166 g/mol. The van der Waals surface area contributed by atoms with Gasteiger partial charge in [-0.1, -0.05) is 12.1 Å². The van der Waals surface area contributed by atoms with E-state index in [1.165, 1.54) is 13.0 Å². The second-order valence-electron chi connectivity index (χ2n) is 1.91. The van der Waals surface area contributed by atoms with Crippen LogP contribution in [0.2, 0.25) is 0 Å². The maximum absolute atomic E-state index is 10.1. The standard InChI is InChI=1S/C7H6O2.C2H4O/c8-5-6-3-1-2-4-7(6)9;1-2-3/h1-5,9H;2H,1H3. The first-order valence-electron chi connectivity index (χ1n) is 3.39. The summed E-state index contributed by atoms with van der Waals surface area (Å²) in [4.78, 5) is 18.9. The van der Waals surface area contributed by atoms with Gasteiger partial charge in [-0.15, -0.1) is 0 Å². The third kappa shape index (κ3) is 3.51. The molecule has 0 atom stereocenters. The molecule has 12 heavy (non-hydrogen) atoms. The van der Waals surface area contributed by atoms with Gasteiger partial charge in [-0.3, -0.25) is 4.79 Å². The molecule has 0 saturated carbocycles. The average molecular weight is 166 g/mol. The number of aldehydes is 2. The maximum atomic E-state index is 10.1. The Balaban J connectivity index is 0.000000354. The molecule has 0 heterocycles. The van der Waals surface area contributed by atoms with Gasteiger partial charge in [0, 0.05) is 0 Å². The molecule has 3 nitrogen and oxygen atoms in total. The smallest absolute Gasteiger partial charge is 0.153 e. The van der Waals surface area contributed by atoms with Gasteiger partial charge >= 0.3 is 0 Å². The van der Waals surface area contributed by atoms with Crippen LogP contribution in [0.4, 0.5) is 0 Å². The average Bonchev–Trinajstić information content (AvgIpc) is 2.07. The Morgan fingerprint density at radius 2 is 1.75 bits per heavy atom. The molecule has 64 valence electrons. The fraction of sp³-hybridized carbons (Fsp3) is 0.111. The van der Waals surface area contributed by atoms with E-state index in [1.807, 2.05) is 0 Å². The fourth-order valence-corrected chi connectivity index (χ4v) is 0.587. The number of carbonyl (C=O) groups is 2. The van der Waals surface area contributed by atoms with Crippen LogP contribution >= 0.6 is 0 Å². The van der Waals surface area contributed by atoms with Gasteiger partial charge in [-0.25, -0.2) is 0 Å². The summed E-state index contributed by atoms with van der Waals surface area (Å²) in [6.45, 7) is 1.44. The van der Waals surface area contributed by atoms with Gasteiger partial charge in [0.1, 0.15) is 12.0 Å². The molecular weight excluding hydrogens is 156 g/mol. The number of hydrogen-bond donors (Lipinski definition) is 1. The van der Waals surface area contributed by atoms with Crippen LogP contribution in [0.5, 0.6) is 5.75 Å². The van der Waals surface area contributed by atoms with E-state index in [0.29, 0.717) is 11.8 Å². The summed E-state index contributed by atoms with van der Waals surface area (Å²) in [5.41, 5.74) is 0.331. The molecule has 0 aliphatic carbocycles. The quantitative estimate of drug-likeness (QED) is 0.642. The Hall–Kier alpha value is -1.64. The number of aromatic hydroxyl groups is 1. The number of hydrogen-bond acceptors (Lipinski definition) is 3. The highest BCUT2D eigenvalue weighted by Gasteiger charge is 1.93. The lowest BCUT2D eigenvalue weighted by Crippen LogP contribution is -1.77. The summed E-state index contributed by atoms with van der Waals surface area (Å²) in [7, 11) is 0. The van der Waals surface area contributed by atoms with E-state index in [4.69, 9.17) is 9.90 Å². The van der Waals surface area contributed by atoms with Crippen molar-refractivity contribution in [2.45, 2.75) is 6.92 Å². The van der Waals surface area contributed by atoms with Crippen molar-refractivity contribution in [1.82, 2.24) is 0 Å². The summed E-state index contributed by atoms with van der Waals surface area (Å²) in [6, 6.07) is 6.40. The highest BCUT2D eigenvalue weighted by molar-refractivity contribution is 5.78. The van der Waals surface area contributed by atoms with Crippen LogP contribution in [-0.2, 0) is 4.79 Å². The van der Waals surface area contributed by atoms with Crippen LogP contribution in [0.3, 0.4) is 0 Å². The summed E-state index contributed by atoms with van der Waals surface area (Å²) in [5.74, 6) is 0.0347. The Morgan fingerprint density at radius 3 is 2.08 bits per heavy atom. The lowest BCUT2D eigenvalue weighted by Gasteiger charge is -1.91. The minimum absolute atomic E-state index is 0.0347. The molecule has 3 heteroatoms. The second kappa shape index (κ2) is 6.09. The van der Waals surface area contributed by atoms with Crippen molar-refractivity contribution in [2.24, 2.45) is 0 Å². The Labute approximate surface area is 70.6 Å². The van der Waals surface area contributed by atoms with Gasteiger partial charge in [0.05, 0.1) is 5.56 Å². The molecule has 0 spiro atoms. The molecule has 0 bridgehead atoms. The lowest BCUT2D eigenvalue weighted by molar-refractivity contribution is -0.106. The predicted octanol–water partition coefficient (Wildman–Crippen LogP) is 1.41. The summed E-state index contributed by atoms with van der Waals surface area (Å²) < 4.78 is 0. The molecule has 0 aromatic heterocycles. The van der Waals surface area contributed by atoms with Crippen molar-refractivity contribution in [3.8, 4) is 5.75 Å². The second-order valence-corrected chi connectivity index (χ2v) is 1.91. The van der Waals surface area contributed by atoms with Crippen molar-refractivity contribution < 1.29 is 14.7 Å². The fourth-order valence-electron chi connectivity index (χ4n) is 0.587. The number of benzene rings is 1. The lowest BCUT2D eigenvalue weighted by atomic mass is 10.2. The number of rotatable bonds is 1. The van der Waals surface area contributed by atoms with Crippen molar-refractivity contribution in [1.29, 1.82) is 0 Å². The first-order chi connectivity index (χ1) is 5.76. The molecule has 0 aliphatic heterocycles. The van der Waals surface area contributed by atoms with Crippen LogP contribution in [0.15, 0.2) is 24.3 Å². The van der Waals surface area contributed by atoms with Gasteiger partial charge in [0.2, 0.25) is 0 Å². The Kier molecular flexibility index (Phi) is 5.26. The molecule has 0 fully saturated rings. The number of phenolic OH excluding ortho intramolecular Hbond substituents is 1. The van der Waals surface area contributed by atoms with Crippen molar-refractivity contribution in [3.05, 3.63) is 29.8 Å². The van der Waals surface area contributed by atoms with E-state index in [2.05, 4.69) is 0 Å². The first kappa shape index (κ1) is 10.4. The Bertz CT molecular complexity index is 256. The van der Waals surface area contributed by atoms with Gasteiger partial charge in [-0.05, 0) is 19.1 Å². The van der Waals surface area contributed by atoms with Gasteiger partial charge < -0.3 is 9.90 Å². The van der Waals surface area contributed by atoms with Crippen molar-refractivity contribution in [2.75, 3.05) is 0 Å². The summed E-state index contributed by atoms with van der Waals surface area (Å²) in [5, 5.41) is 8.88. The van der Waals surface area contributed by atoms with E-state index >= 15 is 0 Å². The van der Waals surface area contributed by atoms with Gasteiger partial charge in [0.15, 0.2) is 6.29 Å². The van der Waals surface area contributed by atoms with Crippen LogP contribution in [-0.4, -0.2) is 17.7 Å².